The number of carbonyl (C=O) groups is 3. The van der Waals surface area contributed by atoms with Crippen molar-refractivity contribution in [3.05, 3.63) is 101 Å². The maximum atomic E-state index is 13.2. The highest BCUT2D eigenvalue weighted by Gasteiger charge is 2.36. The van der Waals surface area contributed by atoms with Crippen LogP contribution in [-0.4, -0.2) is 72.3 Å². The van der Waals surface area contributed by atoms with Crippen LogP contribution in [0.2, 0.25) is 0 Å². The number of methoxy groups -OCH3 is 1. The maximum Gasteiger partial charge on any atom is 0.261 e. The van der Waals surface area contributed by atoms with Gasteiger partial charge in [0.2, 0.25) is 0 Å². The summed E-state index contributed by atoms with van der Waals surface area (Å²) in [4.78, 5) is 44.4. The molecule has 0 spiro atoms. The number of imide groups is 1. The van der Waals surface area contributed by atoms with Gasteiger partial charge in [0, 0.05) is 38.3 Å². The van der Waals surface area contributed by atoms with Gasteiger partial charge in [0.1, 0.15) is 5.75 Å². The molecule has 7 heteroatoms. The van der Waals surface area contributed by atoms with Crippen molar-refractivity contribution >= 4 is 17.7 Å². The van der Waals surface area contributed by atoms with Gasteiger partial charge in [-0.1, -0.05) is 42.5 Å². The molecule has 3 amide bonds. The second-order valence-electron chi connectivity index (χ2n) is 9.17. The third-order valence-electron chi connectivity index (χ3n) is 6.94. The Balaban J connectivity index is 1.18. The number of hydrogen-bond donors (Lipinski definition) is 0. The minimum absolute atomic E-state index is 0.102. The standard InChI is InChI=1S/C29H29N3O4/c1-36-24-10-7-21(8-11-24)13-14-30-15-17-31(18-16-30)27(33)23-9-12-25-26(19-23)29(35)32(28(25)34)20-22-5-3-2-4-6-22/h2-12,19H,13-18,20H2,1H3. The summed E-state index contributed by atoms with van der Waals surface area (Å²) in [6.45, 7) is 4.01. The highest BCUT2D eigenvalue weighted by molar-refractivity contribution is 6.22. The summed E-state index contributed by atoms with van der Waals surface area (Å²) in [7, 11) is 1.66. The van der Waals surface area contributed by atoms with Gasteiger partial charge in [-0.05, 0) is 47.9 Å². The first-order valence-corrected chi connectivity index (χ1v) is 12.2. The molecule has 3 aromatic carbocycles. The van der Waals surface area contributed by atoms with Crippen molar-refractivity contribution in [2.75, 3.05) is 39.8 Å². The van der Waals surface area contributed by atoms with Gasteiger partial charge in [-0.2, -0.15) is 0 Å². The van der Waals surface area contributed by atoms with Crippen LogP contribution >= 0.6 is 0 Å². The van der Waals surface area contributed by atoms with Gasteiger partial charge in [0.15, 0.2) is 0 Å². The Kier molecular flexibility index (Phi) is 6.82. The van der Waals surface area contributed by atoms with E-state index in [1.807, 2.05) is 47.4 Å². The highest BCUT2D eigenvalue weighted by atomic mass is 16.5. The molecule has 0 unspecified atom stereocenters. The van der Waals surface area contributed by atoms with Crippen LogP contribution in [0.4, 0.5) is 0 Å². The monoisotopic (exact) mass is 483 g/mol. The Bertz CT molecular complexity index is 1270. The number of carbonyl (C=O) groups excluding carboxylic acids is 3. The fourth-order valence-electron chi connectivity index (χ4n) is 4.77. The summed E-state index contributed by atoms with van der Waals surface area (Å²) < 4.78 is 5.21. The van der Waals surface area contributed by atoms with Crippen molar-refractivity contribution < 1.29 is 19.1 Å². The van der Waals surface area contributed by atoms with Gasteiger partial charge < -0.3 is 9.64 Å². The van der Waals surface area contributed by atoms with Gasteiger partial charge in [0.05, 0.1) is 24.8 Å². The molecular weight excluding hydrogens is 454 g/mol. The topological polar surface area (TPSA) is 70.2 Å². The average molecular weight is 484 g/mol. The van der Waals surface area contributed by atoms with Crippen LogP contribution in [0.3, 0.4) is 0 Å². The van der Waals surface area contributed by atoms with E-state index in [0.717, 1.165) is 37.4 Å². The Morgan fingerprint density at radius 1 is 0.806 bits per heavy atom. The molecule has 0 bridgehead atoms. The van der Waals surface area contributed by atoms with Crippen LogP contribution in [0.1, 0.15) is 42.2 Å². The quantitative estimate of drug-likeness (QED) is 0.481. The molecule has 0 radical (unpaired) electrons. The molecule has 0 aromatic heterocycles. The largest absolute Gasteiger partial charge is 0.497 e. The van der Waals surface area contributed by atoms with Crippen LogP contribution in [0.15, 0.2) is 72.8 Å². The number of rotatable bonds is 7. The number of amides is 3. The van der Waals surface area contributed by atoms with Crippen molar-refractivity contribution in [3.63, 3.8) is 0 Å². The van der Waals surface area contributed by atoms with Crippen LogP contribution in [0.25, 0.3) is 0 Å². The van der Waals surface area contributed by atoms with Gasteiger partial charge >= 0.3 is 0 Å². The Morgan fingerprint density at radius 2 is 1.50 bits per heavy atom. The smallest absolute Gasteiger partial charge is 0.261 e. The van der Waals surface area contributed by atoms with E-state index in [4.69, 9.17) is 4.74 Å². The van der Waals surface area contributed by atoms with Crippen LogP contribution in [-0.2, 0) is 13.0 Å². The molecule has 0 aliphatic carbocycles. The van der Waals surface area contributed by atoms with Crippen molar-refractivity contribution in [1.29, 1.82) is 0 Å². The number of ether oxygens (including phenoxy) is 1. The molecule has 7 nitrogen and oxygen atoms in total. The predicted octanol–water partition coefficient (Wildman–Crippen LogP) is 3.49. The van der Waals surface area contributed by atoms with Gasteiger partial charge in [0.25, 0.3) is 17.7 Å². The predicted molar refractivity (Wildman–Crippen MR) is 136 cm³/mol. The molecule has 0 atom stereocenters. The molecule has 0 N–H and O–H groups in total. The lowest BCUT2D eigenvalue weighted by molar-refractivity contribution is 0.0633. The van der Waals surface area contributed by atoms with Crippen molar-refractivity contribution in [2.45, 2.75) is 13.0 Å². The Labute approximate surface area is 210 Å². The zero-order valence-electron chi connectivity index (χ0n) is 20.4. The number of benzene rings is 3. The fourth-order valence-corrected chi connectivity index (χ4v) is 4.77. The molecule has 2 heterocycles. The second kappa shape index (κ2) is 10.3. The summed E-state index contributed by atoms with van der Waals surface area (Å²) in [6.07, 6.45) is 0.943. The van der Waals surface area contributed by atoms with Crippen LogP contribution < -0.4 is 4.74 Å². The fraction of sp³-hybridized carbons (Fsp3) is 0.276. The summed E-state index contributed by atoms with van der Waals surface area (Å²) in [5, 5.41) is 0. The third-order valence-corrected chi connectivity index (χ3v) is 6.94. The lowest BCUT2D eigenvalue weighted by atomic mass is 10.0. The van der Waals surface area contributed by atoms with E-state index in [1.54, 1.807) is 25.3 Å². The maximum absolute atomic E-state index is 13.2. The zero-order valence-corrected chi connectivity index (χ0v) is 20.4. The number of fused-ring (bicyclic) bond motifs is 1. The van der Waals surface area contributed by atoms with E-state index in [-0.39, 0.29) is 24.3 Å². The average Bonchev–Trinajstić information content (AvgIpc) is 3.17. The summed E-state index contributed by atoms with van der Waals surface area (Å²) in [6, 6.07) is 22.4. The summed E-state index contributed by atoms with van der Waals surface area (Å²) in [5.41, 5.74) is 3.25. The van der Waals surface area contributed by atoms with E-state index in [0.29, 0.717) is 29.8 Å². The zero-order chi connectivity index (χ0) is 25.1. The Hall–Kier alpha value is -3.97. The van der Waals surface area contributed by atoms with Crippen molar-refractivity contribution in [2.24, 2.45) is 0 Å². The van der Waals surface area contributed by atoms with Crippen molar-refractivity contribution in [1.82, 2.24) is 14.7 Å². The lowest BCUT2D eigenvalue weighted by Crippen LogP contribution is -2.49. The van der Waals surface area contributed by atoms with E-state index < -0.39 is 0 Å². The van der Waals surface area contributed by atoms with Crippen LogP contribution in [0, 0.1) is 0 Å². The Morgan fingerprint density at radius 3 is 2.19 bits per heavy atom. The summed E-state index contributed by atoms with van der Waals surface area (Å²) >= 11 is 0. The molecule has 36 heavy (non-hydrogen) atoms. The van der Waals surface area contributed by atoms with E-state index >= 15 is 0 Å². The second-order valence-corrected chi connectivity index (χ2v) is 9.17. The molecular formula is C29H29N3O4. The van der Waals surface area contributed by atoms with Gasteiger partial charge in [-0.3, -0.25) is 24.2 Å². The molecule has 1 fully saturated rings. The van der Waals surface area contributed by atoms with Gasteiger partial charge in [-0.15, -0.1) is 0 Å². The molecule has 2 aliphatic rings. The minimum Gasteiger partial charge on any atom is -0.497 e. The van der Waals surface area contributed by atoms with Crippen molar-refractivity contribution in [3.8, 4) is 5.75 Å². The number of piperazine rings is 1. The van der Waals surface area contributed by atoms with E-state index in [2.05, 4.69) is 17.0 Å². The minimum atomic E-state index is -0.350. The first-order chi connectivity index (χ1) is 17.5. The molecule has 1 saturated heterocycles. The molecule has 5 rings (SSSR count). The van der Waals surface area contributed by atoms with Crippen LogP contribution in [0.5, 0.6) is 5.75 Å². The first kappa shape index (κ1) is 23.8. The lowest BCUT2D eigenvalue weighted by Gasteiger charge is -2.34. The van der Waals surface area contributed by atoms with Gasteiger partial charge in [-0.25, -0.2) is 0 Å². The van der Waals surface area contributed by atoms with E-state index in [9.17, 15) is 14.4 Å². The molecule has 0 saturated carbocycles. The highest BCUT2D eigenvalue weighted by Crippen LogP contribution is 2.26. The number of nitrogens with zero attached hydrogens (tertiary/aromatic N) is 3. The first-order valence-electron chi connectivity index (χ1n) is 12.2. The summed E-state index contributed by atoms with van der Waals surface area (Å²) in [5.74, 6) is 0.0851. The van der Waals surface area contributed by atoms with E-state index in [1.165, 1.54) is 10.5 Å². The normalized spacial score (nSPS) is 15.8. The third kappa shape index (κ3) is 4.88. The number of hydrogen-bond acceptors (Lipinski definition) is 5. The SMILES string of the molecule is COc1ccc(CCN2CCN(C(=O)c3ccc4c(c3)C(=O)N(Cc3ccccc3)C4=O)CC2)cc1. The molecule has 2 aliphatic heterocycles. The molecule has 3 aromatic rings. The molecule has 184 valence electrons.